The molecule has 0 spiro atoms. The molecule has 29 heavy (non-hydrogen) atoms. The van der Waals surface area contributed by atoms with Crippen LogP contribution in [-0.2, 0) is 0 Å². The van der Waals surface area contributed by atoms with Gasteiger partial charge >= 0.3 is 0 Å². The van der Waals surface area contributed by atoms with Gasteiger partial charge in [0.1, 0.15) is 17.7 Å². The number of nitro benzene ring substituents is 1. The number of nitriles is 2. The van der Waals surface area contributed by atoms with E-state index in [0.29, 0.717) is 5.57 Å². The van der Waals surface area contributed by atoms with Crippen molar-refractivity contribution in [3.63, 3.8) is 0 Å². The first kappa shape index (κ1) is 19.3. The van der Waals surface area contributed by atoms with E-state index in [4.69, 9.17) is 0 Å². The molecule has 0 atom stereocenters. The van der Waals surface area contributed by atoms with Gasteiger partial charge in [-0.1, -0.05) is 60.7 Å². The second-order valence-corrected chi connectivity index (χ2v) is 6.14. The maximum atomic E-state index is 10.8. The van der Waals surface area contributed by atoms with Gasteiger partial charge in [-0.05, 0) is 40.5 Å². The molecule has 0 amide bonds. The molecule has 0 aliphatic heterocycles. The molecule has 0 N–H and O–H groups in total. The van der Waals surface area contributed by atoms with E-state index in [9.17, 15) is 20.6 Å². The average Bonchev–Trinajstić information content (AvgIpc) is 3.00. The minimum absolute atomic E-state index is 0.0401. The van der Waals surface area contributed by atoms with Crippen molar-refractivity contribution in [2.24, 2.45) is 0 Å². The SMILES string of the molecule is N#CC(C#N)=C(/C=C1\C=CC=C(c2ccc([N+](=O)[O-])cc2)C=C1)c1ccccc1. The summed E-state index contributed by atoms with van der Waals surface area (Å²) in [5.41, 5.74) is 3.99. The van der Waals surface area contributed by atoms with Crippen molar-refractivity contribution >= 4 is 16.8 Å². The van der Waals surface area contributed by atoms with E-state index < -0.39 is 4.92 Å². The molecular formula is C24H15N3O2. The highest BCUT2D eigenvalue weighted by Gasteiger charge is 2.09. The Kier molecular flexibility index (Phi) is 5.95. The fraction of sp³-hybridized carbons (Fsp3) is 0. The van der Waals surface area contributed by atoms with Crippen molar-refractivity contribution in [3.8, 4) is 12.1 Å². The molecule has 0 radical (unpaired) electrons. The van der Waals surface area contributed by atoms with Gasteiger partial charge < -0.3 is 0 Å². The zero-order valence-corrected chi connectivity index (χ0v) is 15.3. The summed E-state index contributed by atoms with van der Waals surface area (Å²) in [7, 11) is 0. The van der Waals surface area contributed by atoms with Crippen LogP contribution in [0.3, 0.4) is 0 Å². The molecule has 2 aromatic rings. The molecule has 5 heteroatoms. The number of rotatable bonds is 4. The Balaban J connectivity index is 1.95. The van der Waals surface area contributed by atoms with Crippen LogP contribution in [0.25, 0.3) is 11.1 Å². The van der Waals surface area contributed by atoms with Crippen LogP contribution in [0.1, 0.15) is 11.1 Å². The van der Waals surface area contributed by atoms with Crippen LogP contribution in [0.2, 0.25) is 0 Å². The van der Waals surface area contributed by atoms with Crippen LogP contribution in [0.4, 0.5) is 5.69 Å². The Morgan fingerprint density at radius 2 is 1.62 bits per heavy atom. The molecule has 0 aromatic heterocycles. The molecule has 2 aromatic carbocycles. The molecule has 0 bridgehead atoms. The fourth-order valence-electron chi connectivity index (χ4n) is 2.85. The first-order chi connectivity index (χ1) is 14.1. The minimum atomic E-state index is -0.429. The second-order valence-electron chi connectivity index (χ2n) is 6.14. The predicted molar refractivity (Wildman–Crippen MR) is 112 cm³/mol. The third-order valence-electron chi connectivity index (χ3n) is 4.32. The lowest BCUT2D eigenvalue weighted by Gasteiger charge is -2.04. The van der Waals surface area contributed by atoms with Gasteiger partial charge in [-0.15, -0.1) is 0 Å². The van der Waals surface area contributed by atoms with E-state index >= 15 is 0 Å². The summed E-state index contributed by atoms with van der Waals surface area (Å²) in [6, 6.07) is 19.6. The zero-order valence-electron chi connectivity index (χ0n) is 15.3. The standard InChI is InChI=1S/C24H15N3O2/c25-16-22(17-26)24(21-6-2-1-3-7-21)15-18-5-4-8-19(10-9-18)20-11-13-23(14-12-20)27(28)29/h1-15H/b18-15+. The van der Waals surface area contributed by atoms with Gasteiger partial charge in [0.25, 0.3) is 5.69 Å². The van der Waals surface area contributed by atoms with Gasteiger partial charge in [-0.2, -0.15) is 10.5 Å². The van der Waals surface area contributed by atoms with Crippen LogP contribution in [-0.4, -0.2) is 4.92 Å². The highest BCUT2D eigenvalue weighted by Crippen LogP contribution is 2.26. The van der Waals surface area contributed by atoms with E-state index in [0.717, 1.165) is 22.3 Å². The van der Waals surface area contributed by atoms with Gasteiger partial charge in [0.05, 0.1) is 4.92 Å². The van der Waals surface area contributed by atoms with Crippen LogP contribution in [0, 0.1) is 32.8 Å². The first-order valence-electron chi connectivity index (χ1n) is 8.75. The Bertz CT molecular complexity index is 1150. The zero-order chi connectivity index (χ0) is 20.6. The molecule has 0 saturated carbocycles. The Morgan fingerprint density at radius 1 is 0.931 bits per heavy atom. The molecule has 1 aliphatic carbocycles. The van der Waals surface area contributed by atoms with Crippen molar-refractivity contribution in [3.05, 3.63) is 123 Å². The summed E-state index contributed by atoms with van der Waals surface area (Å²) in [6.45, 7) is 0. The molecule has 0 heterocycles. The van der Waals surface area contributed by atoms with Gasteiger partial charge in [0.2, 0.25) is 0 Å². The number of non-ortho nitro benzene ring substituents is 1. The lowest BCUT2D eigenvalue weighted by Crippen LogP contribution is -1.88. The van der Waals surface area contributed by atoms with Gasteiger partial charge in [0, 0.05) is 17.7 Å². The average molecular weight is 377 g/mol. The largest absolute Gasteiger partial charge is 0.269 e. The second kappa shape index (κ2) is 8.94. The quantitative estimate of drug-likeness (QED) is 0.398. The van der Waals surface area contributed by atoms with Crippen LogP contribution < -0.4 is 0 Å². The Labute approximate surface area is 168 Å². The molecule has 5 nitrogen and oxygen atoms in total. The van der Waals surface area contributed by atoms with Crippen LogP contribution >= 0.6 is 0 Å². The smallest absolute Gasteiger partial charge is 0.258 e. The summed E-state index contributed by atoms with van der Waals surface area (Å²) in [6.07, 6.45) is 11.2. The highest BCUT2D eigenvalue weighted by molar-refractivity contribution is 5.84. The number of nitro groups is 1. The van der Waals surface area contributed by atoms with Crippen molar-refractivity contribution < 1.29 is 4.92 Å². The topological polar surface area (TPSA) is 90.7 Å². The Morgan fingerprint density at radius 3 is 2.24 bits per heavy atom. The monoisotopic (exact) mass is 377 g/mol. The normalized spacial score (nSPS) is 13.7. The van der Waals surface area contributed by atoms with E-state index in [1.807, 2.05) is 72.9 Å². The lowest BCUT2D eigenvalue weighted by atomic mass is 9.98. The number of hydrogen-bond donors (Lipinski definition) is 0. The first-order valence-corrected chi connectivity index (χ1v) is 8.75. The predicted octanol–water partition coefficient (Wildman–Crippen LogP) is 5.53. The maximum Gasteiger partial charge on any atom is 0.269 e. The number of benzene rings is 2. The summed E-state index contributed by atoms with van der Waals surface area (Å²) in [5, 5.41) is 29.5. The third kappa shape index (κ3) is 4.63. The van der Waals surface area contributed by atoms with E-state index in [-0.39, 0.29) is 11.3 Å². The third-order valence-corrected chi connectivity index (χ3v) is 4.32. The van der Waals surface area contributed by atoms with Gasteiger partial charge in [-0.3, -0.25) is 10.1 Å². The molecule has 3 rings (SSSR count). The number of hydrogen-bond acceptors (Lipinski definition) is 4. The van der Waals surface area contributed by atoms with Crippen LogP contribution in [0.5, 0.6) is 0 Å². The summed E-state index contributed by atoms with van der Waals surface area (Å²) in [4.78, 5) is 10.4. The van der Waals surface area contributed by atoms with Crippen LogP contribution in [0.15, 0.2) is 102 Å². The van der Waals surface area contributed by atoms with Crippen molar-refractivity contribution in [1.82, 2.24) is 0 Å². The number of nitrogens with zero attached hydrogens (tertiary/aromatic N) is 3. The molecular weight excluding hydrogens is 362 g/mol. The molecule has 0 unspecified atom stereocenters. The van der Waals surface area contributed by atoms with Crippen molar-refractivity contribution in [2.45, 2.75) is 0 Å². The molecule has 0 saturated heterocycles. The van der Waals surface area contributed by atoms with Gasteiger partial charge in [0.15, 0.2) is 0 Å². The lowest BCUT2D eigenvalue weighted by molar-refractivity contribution is -0.384. The van der Waals surface area contributed by atoms with E-state index in [2.05, 4.69) is 0 Å². The highest BCUT2D eigenvalue weighted by atomic mass is 16.6. The summed E-state index contributed by atoms with van der Waals surface area (Å²) >= 11 is 0. The van der Waals surface area contributed by atoms with Crippen molar-refractivity contribution in [1.29, 1.82) is 10.5 Å². The van der Waals surface area contributed by atoms with E-state index in [1.165, 1.54) is 12.1 Å². The minimum Gasteiger partial charge on any atom is -0.258 e. The molecule has 138 valence electrons. The Hall–Kier alpha value is -4.48. The fourth-order valence-corrected chi connectivity index (χ4v) is 2.85. The maximum absolute atomic E-state index is 10.8. The van der Waals surface area contributed by atoms with E-state index in [1.54, 1.807) is 18.2 Å². The molecule has 0 fully saturated rings. The number of allylic oxidation sites excluding steroid dienone is 10. The molecule has 1 aliphatic rings. The van der Waals surface area contributed by atoms with Crippen molar-refractivity contribution in [2.75, 3.05) is 0 Å². The van der Waals surface area contributed by atoms with Gasteiger partial charge in [-0.25, -0.2) is 0 Å². The summed E-state index contributed by atoms with van der Waals surface area (Å²) in [5.74, 6) is 0. The summed E-state index contributed by atoms with van der Waals surface area (Å²) < 4.78 is 0.